The minimum absolute atomic E-state index is 0.210. The molecule has 5 nitrogen and oxygen atoms in total. The van der Waals surface area contributed by atoms with E-state index >= 15 is 0 Å². The van der Waals surface area contributed by atoms with Gasteiger partial charge in [0.2, 0.25) is 5.91 Å². The summed E-state index contributed by atoms with van der Waals surface area (Å²) in [5.74, 6) is 1.45. The minimum Gasteiger partial charge on any atom is -0.495 e. The molecule has 1 atom stereocenters. The average Bonchev–Trinajstić information content (AvgIpc) is 2.69. The molecule has 1 aliphatic heterocycles. The second-order valence-corrected chi connectivity index (χ2v) is 7.70. The molecule has 0 aromatic heterocycles. The van der Waals surface area contributed by atoms with Crippen LogP contribution in [0.2, 0.25) is 0 Å². The molecule has 1 unspecified atom stereocenters. The fourth-order valence-corrected chi connectivity index (χ4v) is 4.22. The zero-order valence-electron chi connectivity index (χ0n) is 16.2. The van der Waals surface area contributed by atoms with Gasteiger partial charge < -0.3 is 15.0 Å². The van der Waals surface area contributed by atoms with Gasteiger partial charge in [-0.2, -0.15) is 0 Å². The van der Waals surface area contributed by atoms with Crippen molar-refractivity contribution in [2.24, 2.45) is 5.92 Å². The summed E-state index contributed by atoms with van der Waals surface area (Å²) in [7, 11) is 1.73. The van der Waals surface area contributed by atoms with Crippen molar-refractivity contribution in [2.75, 3.05) is 44.7 Å². The number of amides is 1. The Labute approximate surface area is 157 Å². The standard InChI is InChI=1S/C21H33N3O2/c1-17(22-21(25)18-8-4-3-5-9-18)16-23-12-14-24(15-13-23)19-10-6-7-11-20(19)26-2/h6-7,10-11,17-18H,3-5,8-9,12-16H2,1-2H3,(H,22,25). The van der Waals surface area contributed by atoms with Gasteiger partial charge in [-0.15, -0.1) is 0 Å². The Morgan fingerprint density at radius 3 is 2.54 bits per heavy atom. The van der Waals surface area contributed by atoms with Crippen LogP contribution in [0, 0.1) is 5.92 Å². The quantitative estimate of drug-likeness (QED) is 0.848. The summed E-state index contributed by atoms with van der Waals surface area (Å²) in [6.07, 6.45) is 5.83. The van der Waals surface area contributed by atoms with E-state index in [1.54, 1.807) is 7.11 Å². The fourth-order valence-electron chi connectivity index (χ4n) is 4.22. The number of piperazine rings is 1. The number of carbonyl (C=O) groups is 1. The van der Waals surface area contributed by atoms with Crippen molar-refractivity contribution >= 4 is 11.6 Å². The lowest BCUT2D eigenvalue weighted by Crippen LogP contribution is -2.51. The number of hydrogen-bond donors (Lipinski definition) is 1. The molecule has 26 heavy (non-hydrogen) atoms. The second-order valence-electron chi connectivity index (χ2n) is 7.70. The van der Waals surface area contributed by atoms with Gasteiger partial charge in [0.15, 0.2) is 0 Å². The predicted octanol–water partition coefficient (Wildman–Crippen LogP) is 2.90. The number of benzene rings is 1. The third-order valence-corrected chi connectivity index (χ3v) is 5.69. The summed E-state index contributed by atoms with van der Waals surface area (Å²) in [5, 5.41) is 3.24. The molecule has 0 bridgehead atoms. The van der Waals surface area contributed by atoms with Crippen LogP contribution in [0.5, 0.6) is 5.75 Å². The maximum absolute atomic E-state index is 12.4. The van der Waals surface area contributed by atoms with Gasteiger partial charge in [-0.1, -0.05) is 31.4 Å². The van der Waals surface area contributed by atoms with E-state index in [1.165, 1.54) is 24.9 Å². The van der Waals surface area contributed by atoms with E-state index in [9.17, 15) is 4.79 Å². The highest BCUT2D eigenvalue weighted by Crippen LogP contribution is 2.28. The molecule has 144 valence electrons. The lowest BCUT2D eigenvalue weighted by atomic mass is 9.88. The normalized spacial score (nSPS) is 20.6. The number of para-hydroxylation sites is 2. The van der Waals surface area contributed by atoms with Gasteiger partial charge in [0.1, 0.15) is 5.75 Å². The van der Waals surface area contributed by atoms with Crippen LogP contribution in [-0.4, -0.2) is 56.7 Å². The first-order chi connectivity index (χ1) is 12.7. The van der Waals surface area contributed by atoms with Gasteiger partial charge in [-0.3, -0.25) is 9.69 Å². The van der Waals surface area contributed by atoms with E-state index in [0.717, 1.165) is 51.3 Å². The molecule has 1 saturated carbocycles. The first-order valence-corrected chi connectivity index (χ1v) is 10.1. The number of carbonyl (C=O) groups excluding carboxylic acids is 1. The molecule has 1 amide bonds. The van der Waals surface area contributed by atoms with Crippen LogP contribution < -0.4 is 15.0 Å². The summed E-state index contributed by atoms with van der Waals surface area (Å²) in [6.45, 7) is 7.07. The van der Waals surface area contributed by atoms with E-state index in [-0.39, 0.29) is 17.9 Å². The molecule has 1 heterocycles. The maximum atomic E-state index is 12.4. The van der Waals surface area contributed by atoms with Crippen LogP contribution >= 0.6 is 0 Å². The van der Waals surface area contributed by atoms with Gasteiger partial charge in [-0.25, -0.2) is 0 Å². The predicted molar refractivity (Wildman–Crippen MR) is 106 cm³/mol. The summed E-state index contributed by atoms with van der Waals surface area (Å²) >= 11 is 0. The number of rotatable bonds is 6. The van der Waals surface area contributed by atoms with Gasteiger partial charge in [0, 0.05) is 44.7 Å². The molecule has 1 aromatic carbocycles. The molecule has 1 aliphatic carbocycles. The zero-order valence-corrected chi connectivity index (χ0v) is 16.2. The Kier molecular flexibility index (Phi) is 6.78. The van der Waals surface area contributed by atoms with E-state index in [0.29, 0.717) is 0 Å². The molecule has 3 rings (SSSR count). The van der Waals surface area contributed by atoms with Gasteiger partial charge in [0.05, 0.1) is 12.8 Å². The Hall–Kier alpha value is -1.75. The summed E-state index contributed by atoms with van der Waals surface area (Å²) in [4.78, 5) is 17.3. The van der Waals surface area contributed by atoms with Crippen LogP contribution in [0.15, 0.2) is 24.3 Å². The van der Waals surface area contributed by atoms with Gasteiger partial charge in [0.25, 0.3) is 0 Å². The van der Waals surface area contributed by atoms with Crippen molar-refractivity contribution in [3.8, 4) is 5.75 Å². The first kappa shape index (κ1) is 19.0. The SMILES string of the molecule is COc1ccccc1N1CCN(CC(C)NC(=O)C2CCCCC2)CC1. The van der Waals surface area contributed by atoms with Crippen LogP contribution in [0.3, 0.4) is 0 Å². The molecular formula is C21H33N3O2. The summed E-state index contributed by atoms with van der Waals surface area (Å²) in [5.41, 5.74) is 1.17. The molecular weight excluding hydrogens is 326 g/mol. The highest BCUT2D eigenvalue weighted by molar-refractivity contribution is 5.79. The average molecular weight is 360 g/mol. The fraction of sp³-hybridized carbons (Fsp3) is 0.667. The topological polar surface area (TPSA) is 44.8 Å². The van der Waals surface area contributed by atoms with Crippen molar-refractivity contribution in [1.29, 1.82) is 0 Å². The van der Waals surface area contributed by atoms with E-state index in [2.05, 4.69) is 34.2 Å². The third kappa shape index (κ3) is 4.91. The Bertz CT molecular complexity index is 578. The summed E-state index contributed by atoms with van der Waals surface area (Å²) in [6, 6.07) is 8.43. The van der Waals surface area contributed by atoms with E-state index in [1.807, 2.05) is 12.1 Å². The molecule has 2 aliphatic rings. The number of nitrogens with one attached hydrogen (secondary N) is 1. The molecule has 1 N–H and O–H groups in total. The molecule has 1 saturated heterocycles. The van der Waals surface area contributed by atoms with Crippen molar-refractivity contribution in [3.63, 3.8) is 0 Å². The highest BCUT2D eigenvalue weighted by atomic mass is 16.5. The molecule has 2 fully saturated rings. The zero-order chi connectivity index (χ0) is 18.4. The van der Waals surface area contributed by atoms with Crippen LogP contribution in [0.25, 0.3) is 0 Å². The van der Waals surface area contributed by atoms with Crippen molar-refractivity contribution in [1.82, 2.24) is 10.2 Å². The molecule has 0 spiro atoms. The van der Waals surface area contributed by atoms with Crippen molar-refractivity contribution in [3.05, 3.63) is 24.3 Å². The van der Waals surface area contributed by atoms with Gasteiger partial charge >= 0.3 is 0 Å². The number of hydrogen-bond acceptors (Lipinski definition) is 4. The van der Waals surface area contributed by atoms with Gasteiger partial charge in [-0.05, 0) is 31.9 Å². The molecule has 5 heteroatoms. The number of ether oxygens (including phenoxy) is 1. The van der Waals surface area contributed by atoms with Crippen LogP contribution in [-0.2, 0) is 4.79 Å². The summed E-state index contributed by atoms with van der Waals surface area (Å²) < 4.78 is 5.49. The number of anilines is 1. The Balaban J connectivity index is 1.44. The Morgan fingerprint density at radius 1 is 1.15 bits per heavy atom. The molecule has 0 radical (unpaired) electrons. The van der Waals surface area contributed by atoms with E-state index in [4.69, 9.17) is 4.74 Å². The third-order valence-electron chi connectivity index (χ3n) is 5.69. The highest BCUT2D eigenvalue weighted by Gasteiger charge is 2.24. The van der Waals surface area contributed by atoms with Crippen molar-refractivity contribution in [2.45, 2.75) is 45.1 Å². The lowest BCUT2D eigenvalue weighted by molar-refractivity contribution is -0.126. The first-order valence-electron chi connectivity index (χ1n) is 10.1. The minimum atomic E-state index is 0.210. The van der Waals surface area contributed by atoms with Crippen LogP contribution in [0.4, 0.5) is 5.69 Å². The van der Waals surface area contributed by atoms with E-state index < -0.39 is 0 Å². The lowest BCUT2D eigenvalue weighted by Gasteiger charge is -2.37. The molecule has 1 aromatic rings. The smallest absolute Gasteiger partial charge is 0.223 e. The monoisotopic (exact) mass is 359 g/mol. The largest absolute Gasteiger partial charge is 0.495 e. The van der Waals surface area contributed by atoms with Crippen LogP contribution in [0.1, 0.15) is 39.0 Å². The number of nitrogens with zero attached hydrogens (tertiary/aromatic N) is 2. The Morgan fingerprint density at radius 2 is 1.85 bits per heavy atom. The van der Waals surface area contributed by atoms with Crippen molar-refractivity contribution < 1.29 is 9.53 Å². The number of methoxy groups -OCH3 is 1. The maximum Gasteiger partial charge on any atom is 0.223 e. The second kappa shape index (κ2) is 9.26.